The molecule has 0 N–H and O–H groups in total. The Balaban J connectivity index is 2.17. The Bertz CT molecular complexity index is 1160. The van der Waals surface area contributed by atoms with E-state index in [1.54, 1.807) is 0 Å². The van der Waals surface area contributed by atoms with Crippen LogP contribution in [0.1, 0.15) is 23.6 Å². The van der Waals surface area contributed by atoms with E-state index in [0.717, 1.165) is 28.2 Å². The number of para-hydroxylation sites is 1. The van der Waals surface area contributed by atoms with Crippen LogP contribution in [0.5, 0.6) is 0 Å². The molecule has 0 radical (unpaired) electrons. The molecule has 0 saturated carbocycles. The molecular formula is C22H16N6. The van der Waals surface area contributed by atoms with Gasteiger partial charge in [0, 0.05) is 43.8 Å². The number of aryl methyl sites for hydroxylation is 1. The minimum Gasteiger partial charge on any atom is -0.351 e. The second-order valence-corrected chi connectivity index (χ2v) is 7.26. The minimum atomic E-state index is -1.80. The third kappa shape index (κ3) is 1.82. The number of aromatic nitrogens is 1. The normalized spacial score (nSPS) is 20.9. The first-order valence-electron chi connectivity index (χ1n) is 8.82. The molecule has 1 atom stereocenters. The summed E-state index contributed by atoms with van der Waals surface area (Å²) >= 11 is 0. The second kappa shape index (κ2) is 5.75. The Labute approximate surface area is 163 Å². The maximum atomic E-state index is 10.1. The van der Waals surface area contributed by atoms with E-state index >= 15 is 0 Å². The van der Waals surface area contributed by atoms with Gasteiger partial charge < -0.3 is 9.47 Å². The van der Waals surface area contributed by atoms with Crippen molar-refractivity contribution in [2.24, 2.45) is 17.9 Å². The van der Waals surface area contributed by atoms with Gasteiger partial charge in [-0.1, -0.05) is 18.2 Å². The van der Waals surface area contributed by atoms with Crippen LogP contribution in [-0.4, -0.2) is 11.6 Å². The molecule has 0 saturated heterocycles. The van der Waals surface area contributed by atoms with Crippen LogP contribution in [0.3, 0.4) is 0 Å². The number of nitriles is 4. The van der Waals surface area contributed by atoms with Crippen molar-refractivity contribution in [2.75, 3.05) is 11.9 Å². The zero-order valence-electron chi connectivity index (χ0n) is 15.5. The summed E-state index contributed by atoms with van der Waals surface area (Å²) in [6, 6.07) is 19.7. The van der Waals surface area contributed by atoms with E-state index in [1.165, 1.54) is 0 Å². The Kier molecular flexibility index (Phi) is 3.58. The fourth-order valence-corrected chi connectivity index (χ4v) is 4.69. The topological polar surface area (TPSA) is 103 Å². The average Bonchev–Trinajstić information content (AvgIpc) is 3.29. The Morgan fingerprint density at radius 2 is 1.61 bits per heavy atom. The van der Waals surface area contributed by atoms with Crippen molar-refractivity contribution >= 4 is 11.3 Å². The van der Waals surface area contributed by atoms with Crippen LogP contribution in [0.25, 0.3) is 5.57 Å². The van der Waals surface area contributed by atoms with E-state index in [0.29, 0.717) is 0 Å². The summed E-state index contributed by atoms with van der Waals surface area (Å²) in [5, 5.41) is 40.4. The van der Waals surface area contributed by atoms with Crippen molar-refractivity contribution in [3.05, 3.63) is 59.5 Å². The van der Waals surface area contributed by atoms with Gasteiger partial charge in [0.25, 0.3) is 0 Å². The molecule has 2 heterocycles. The summed E-state index contributed by atoms with van der Waals surface area (Å²) < 4.78 is 1.93. The third-order valence-corrected chi connectivity index (χ3v) is 6.09. The fraction of sp³-hybridized carbons (Fsp3) is 0.273. The zero-order chi connectivity index (χ0) is 20.1. The molecular weight excluding hydrogens is 348 g/mol. The van der Waals surface area contributed by atoms with Gasteiger partial charge in [-0.05, 0) is 29.3 Å². The highest BCUT2D eigenvalue weighted by molar-refractivity contribution is 5.83. The molecule has 134 valence electrons. The number of rotatable bonds is 1. The van der Waals surface area contributed by atoms with Gasteiger partial charge in [-0.3, -0.25) is 0 Å². The van der Waals surface area contributed by atoms with Crippen molar-refractivity contribution in [1.82, 2.24) is 4.57 Å². The van der Waals surface area contributed by atoms with Crippen LogP contribution in [0.2, 0.25) is 0 Å². The number of nitrogens with zero attached hydrogens (tertiary/aromatic N) is 6. The smallest absolute Gasteiger partial charge is 0.188 e. The van der Waals surface area contributed by atoms with E-state index < -0.39 is 16.7 Å². The van der Waals surface area contributed by atoms with Gasteiger partial charge in [-0.15, -0.1) is 0 Å². The van der Waals surface area contributed by atoms with Crippen molar-refractivity contribution in [1.29, 1.82) is 21.0 Å². The Hall–Kier alpha value is -4.00. The lowest BCUT2D eigenvalue weighted by Crippen LogP contribution is -2.47. The summed E-state index contributed by atoms with van der Waals surface area (Å²) in [5.41, 5.74) is 0.607. The lowest BCUT2D eigenvalue weighted by molar-refractivity contribution is 0.257. The number of fused-ring (bicyclic) bond motifs is 3. The van der Waals surface area contributed by atoms with Crippen LogP contribution in [0.15, 0.2) is 48.3 Å². The molecule has 1 aromatic heterocycles. The van der Waals surface area contributed by atoms with E-state index in [9.17, 15) is 21.0 Å². The van der Waals surface area contributed by atoms with Crippen LogP contribution >= 0.6 is 0 Å². The summed E-state index contributed by atoms with van der Waals surface area (Å²) in [4.78, 5) is 1.99. The van der Waals surface area contributed by atoms with E-state index in [1.807, 2.05) is 66.2 Å². The van der Waals surface area contributed by atoms with Crippen LogP contribution in [0, 0.1) is 56.2 Å². The van der Waals surface area contributed by atoms with Gasteiger partial charge in [0.1, 0.15) is 0 Å². The maximum Gasteiger partial charge on any atom is 0.188 e. The monoisotopic (exact) mass is 364 g/mol. The average molecular weight is 364 g/mol. The number of hydrogen-bond acceptors (Lipinski definition) is 5. The predicted octanol–water partition coefficient (Wildman–Crippen LogP) is 3.44. The van der Waals surface area contributed by atoms with Gasteiger partial charge in [0.2, 0.25) is 0 Å². The minimum absolute atomic E-state index is 0.0170. The lowest BCUT2D eigenvalue weighted by atomic mass is 9.52. The van der Waals surface area contributed by atoms with Gasteiger partial charge in [-0.25, -0.2) is 0 Å². The van der Waals surface area contributed by atoms with Gasteiger partial charge in [0.05, 0.1) is 30.2 Å². The molecule has 0 amide bonds. The molecule has 0 fully saturated rings. The Morgan fingerprint density at radius 1 is 0.929 bits per heavy atom. The zero-order valence-corrected chi connectivity index (χ0v) is 15.5. The highest BCUT2D eigenvalue weighted by atomic mass is 15.2. The molecule has 0 bridgehead atoms. The molecule has 1 aromatic carbocycles. The van der Waals surface area contributed by atoms with Crippen molar-refractivity contribution in [3.63, 3.8) is 0 Å². The quantitative estimate of drug-likeness (QED) is 0.771. The summed E-state index contributed by atoms with van der Waals surface area (Å²) in [7, 11) is 3.80. The fourth-order valence-electron chi connectivity index (χ4n) is 4.69. The first-order valence-corrected chi connectivity index (χ1v) is 8.82. The van der Waals surface area contributed by atoms with E-state index in [-0.39, 0.29) is 6.42 Å². The number of likely N-dealkylation sites (N-methyl/N-ethyl adjacent to an activating group) is 1. The third-order valence-electron chi connectivity index (χ3n) is 6.09. The number of hydrogen-bond donors (Lipinski definition) is 0. The van der Waals surface area contributed by atoms with Gasteiger partial charge >= 0.3 is 0 Å². The summed E-state index contributed by atoms with van der Waals surface area (Å²) in [6.07, 6.45) is 1.92. The Morgan fingerprint density at radius 3 is 2.18 bits per heavy atom. The highest BCUT2D eigenvalue weighted by Crippen LogP contribution is 2.64. The lowest BCUT2D eigenvalue weighted by Gasteiger charge is -2.42. The first kappa shape index (κ1) is 17.4. The molecule has 2 aromatic rings. The second-order valence-electron chi connectivity index (χ2n) is 7.26. The van der Waals surface area contributed by atoms with Crippen molar-refractivity contribution < 1.29 is 0 Å². The molecule has 6 nitrogen and oxygen atoms in total. The number of benzene rings is 1. The predicted molar refractivity (Wildman–Crippen MR) is 102 cm³/mol. The number of anilines is 1. The van der Waals surface area contributed by atoms with Crippen LogP contribution in [-0.2, 0) is 7.05 Å². The van der Waals surface area contributed by atoms with E-state index in [2.05, 4.69) is 24.3 Å². The van der Waals surface area contributed by atoms with Gasteiger partial charge in [0.15, 0.2) is 10.8 Å². The molecule has 28 heavy (non-hydrogen) atoms. The molecule has 1 aliphatic carbocycles. The SMILES string of the molecule is CN1C2=C(c3cccn3C)CC(C#N)(C#N)C(C#N)(C#N)C2c2ccccc21. The summed E-state index contributed by atoms with van der Waals surface area (Å²) in [5.74, 6) is -0.679. The number of allylic oxidation sites excluding steroid dienone is 2. The van der Waals surface area contributed by atoms with Gasteiger partial charge in [-0.2, -0.15) is 21.0 Å². The van der Waals surface area contributed by atoms with Crippen molar-refractivity contribution in [2.45, 2.75) is 12.3 Å². The van der Waals surface area contributed by atoms with Crippen LogP contribution < -0.4 is 4.90 Å². The standard InChI is InChI=1S/C22H16N6/c1-27-9-5-8-17(27)16-10-21(11-23,12-24)22(13-25,14-26)19-15-6-3-4-7-18(15)28(2)20(16)19/h3-9,19H,10H2,1-2H3. The van der Waals surface area contributed by atoms with Crippen molar-refractivity contribution in [3.8, 4) is 24.3 Å². The molecule has 2 aliphatic rings. The molecule has 4 rings (SSSR count). The summed E-state index contributed by atoms with van der Waals surface area (Å²) in [6.45, 7) is 0. The molecule has 1 unspecified atom stereocenters. The molecule has 0 spiro atoms. The van der Waals surface area contributed by atoms with E-state index in [4.69, 9.17) is 0 Å². The molecule has 1 aliphatic heterocycles. The largest absolute Gasteiger partial charge is 0.351 e. The first-order chi connectivity index (χ1) is 13.5. The molecule has 6 heteroatoms. The highest BCUT2D eigenvalue weighted by Gasteiger charge is 2.66. The van der Waals surface area contributed by atoms with Crippen LogP contribution in [0.4, 0.5) is 5.69 Å². The maximum absolute atomic E-state index is 10.1.